The number of primary amides is 1. The number of halogens is 1. The molecule has 1 aliphatic heterocycles. The van der Waals surface area contributed by atoms with Crippen LogP contribution >= 0.6 is 22.9 Å². The zero-order chi connectivity index (χ0) is 11.5. The molecule has 16 heavy (non-hydrogen) atoms. The third-order valence-electron chi connectivity index (χ3n) is 2.71. The van der Waals surface area contributed by atoms with Crippen molar-refractivity contribution < 1.29 is 4.79 Å². The number of carbonyl (C=O) groups is 1. The smallest absolute Gasteiger partial charge is 0.221 e. The van der Waals surface area contributed by atoms with Gasteiger partial charge in [0.05, 0.1) is 12.5 Å². The summed E-state index contributed by atoms with van der Waals surface area (Å²) in [5, 5.41) is 8.59. The molecule has 2 heterocycles. The minimum atomic E-state index is -0.208. The molecule has 0 radical (unpaired) electrons. The van der Waals surface area contributed by atoms with Gasteiger partial charge in [0.2, 0.25) is 10.4 Å². The molecule has 1 atom stereocenters. The lowest BCUT2D eigenvalue weighted by atomic mass is 9.98. The molecule has 2 rings (SSSR count). The Morgan fingerprint density at radius 3 is 3.06 bits per heavy atom. The first-order valence-corrected chi connectivity index (χ1v) is 6.34. The van der Waals surface area contributed by atoms with Gasteiger partial charge in [0.15, 0.2) is 0 Å². The monoisotopic (exact) mass is 260 g/mol. The molecule has 1 aromatic rings. The number of hydrogen-bond acceptors (Lipinski definition) is 5. The second-order valence-electron chi connectivity index (χ2n) is 3.93. The van der Waals surface area contributed by atoms with Crippen LogP contribution in [-0.4, -0.2) is 34.1 Å². The summed E-state index contributed by atoms with van der Waals surface area (Å²) in [6, 6.07) is 0. The van der Waals surface area contributed by atoms with E-state index in [0.717, 1.165) is 24.4 Å². The minimum Gasteiger partial charge on any atom is -0.369 e. The number of carbonyl (C=O) groups excluding carboxylic acids is 1. The van der Waals surface area contributed by atoms with Gasteiger partial charge < -0.3 is 5.73 Å². The number of amides is 1. The van der Waals surface area contributed by atoms with Gasteiger partial charge >= 0.3 is 0 Å². The van der Waals surface area contributed by atoms with Gasteiger partial charge in [0.1, 0.15) is 5.01 Å². The highest BCUT2D eigenvalue weighted by Gasteiger charge is 2.24. The Morgan fingerprint density at radius 1 is 1.62 bits per heavy atom. The highest BCUT2D eigenvalue weighted by atomic mass is 35.5. The number of piperidine rings is 1. The van der Waals surface area contributed by atoms with Crippen molar-refractivity contribution in [2.45, 2.75) is 19.4 Å². The van der Waals surface area contributed by atoms with Gasteiger partial charge in [0.25, 0.3) is 0 Å². The SMILES string of the molecule is NC(=O)C1CCCN(Cc2nnc(Cl)s2)C1. The molecular weight excluding hydrogens is 248 g/mol. The Morgan fingerprint density at radius 2 is 2.44 bits per heavy atom. The summed E-state index contributed by atoms with van der Waals surface area (Å²) in [4.78, 5) is 13.3. The maximum atomic E-state index is 11.1. The van der Waals surface area contributed by atoms with Crippen molar-refractivity contribution in [3.05, 3.63) is 9.47 Å². The standard InChI is InChI=1S/C9H13ClN4OS/c10-9-13-12-7(16-9)5-14-3-1-2-6(4-14)8(11)15/h6H,1-5H2,(H2,11,15). The molecule has 0 aromatic carbocycles. The first-order chi connectivity index (χ1) is 7.65. The Labute approximate surface area is 103 Å². The molecule has 0 spiro atoms. The molecule has 0 aliphatic carbocycles. The van der Waals surface area contributed by atoms with Crippen LogP contribution in [0.3, 0.4) is 0 Å². The lowest BCUT2D eigenvalue weighted by Crippen LogP contribution is -2.40. The van der Waals surface area contributed by atoms with Crippen molar-refractivity contribution in [1.29, 1.82) is 0 Å². The molecule has 1 aromatic heterocycles. The third-order valence-corrected chi connectivity index (χ3v) is 3.71. The maximum absolute atomic E-state index is 11.1. The molecule has 1 fully saturated rings. The molecule has 7 heteroatoms. The summed E-state index contributed by atoms with van der Waals surface area (Å²) >= 11 is 7.09. The highest BCUT2D eigenvalue weighted by molar-refractivity contribution is 7.15. The van der Waals surface area contributed by atoms with E-state index in [0.29, 0.717) is 17.6 Å². The van der Waals surface area contributed by atoms with E-state index in [2.05, 4.69) is 15.1 Å². The van der Waals surface area contributed by atoms with E-state index in [4.69, 9.17) is 17.3 Å². The average molecular weight is 261 g/mol. The molecule has 5 nitrogen and oxygen atoms in total. The van der Waals surface area contributed by atoms with Crippen LogP contribution < -0.4 is 5.73 Å². The normalized spacial score (nSPS) is 22.2. The molecule has 1 unspecified atom stereocenters. The fourth-order valence-electron chi connectivity index (χ4n) is 1.92. The number of rotatable bonds is 3. The summed E-state index contributed by atoms with van der Waals surface area (Å²) in [6.07, 6.45) is 1.89. The quantitative estimate of drug-likeness (QED) is 0.876. The average Bonchev–Trinajstić information content (AvgIpc) is 2.64. The summed E-state index contributed by atoms with van der Waals surface area (Å²) < 4.78 is 0.457. The van der Waals surface area contributed by atoms with Crippen molar-refractivity contribution in [1.82, 2.24) is 15.1 Å². The number of hydrogen-bond donors (Lipinski definition) is 1. The van der Waals surface area contributed by atoms with Crippen LogP contribution in [0.2, 0.25) is 4.47 Å². The van der Waals surface area contributed by atoms with E-state index in [9.17, 15) is 4.79 Å². The van der Waals surface area contributed by atoms with Gasteiger partial charge in [-0.05, 0) is 31.0 Å². The van der Waals surface area contributed by atoms with Crippen LogP contribution in [0.4, 0.5) is 0 Å². The van der Waals surface area contributed by atoms with Crippen molar-refractivity contribution in [2.75, 3.05) is 13.1 Å². The molecule has 0 saturated carbocycles. The molecule has 0 bridgehead atoms. The molecular formula is C9H13ClN4OS. The molecule has 1 saturated heterocycles. The summed E-state index contributed by atoms with van der Waals surface area (Å²) in [5.41, 5.74) is 5.31. The fourth-order valence-corrected chi connectivity index (χ4v) is 2.83. The number of likely N-dealkylation sites (tertiary alicyclic amines) is 1. The molecule has 2 N–H and O–H groups in total. The van der Waals surface area contributed by atoms with E-state index in [1.54, 1.807) is 0 Å². The highest BCUT2D eigenvalue weighted by Crippen LogP contribution is 2.21. The van der Waals surface area contributed by atoms with Crippen molar-refractivity contribution in [2.24, 2.45) is 11.7 Å². The van der Waals surface area contributed by atoms with Crippen molar-refractivity contribution in [3.63, 3.8) is 0 Å². The van der Waals surface area contributed by atoms with E-state index < -0.39 is 0 Å². The summed E-state index contributed by atoms with van der Waals surface area (Å²) in [6.45, 7) is 2.39. The third kappa shape index (κ3) is 2.90. The number of nitrogens with two attached hydrogens (primary N) is 1. The van der Waals surface area contributed by atoms with Crippen LogP contribution in [0.1, 0.15) is 17.8 Å². The second-order valence-corrected chi connectivity index (χ2v) is 5.57. The van der Waals surface area contributed by atoms with Gasteiger partial charge in [0, 0.05) is 6.54 Å². The predicted octanol–water partition coefficient (Wildman–Crippen LogP) is 0.889. The lowest BCUT2D eigenvalue weighted by Gasteiger charge is -2.30. The molecule has 1 aliphatic rings. The topological polar surface area (TPSA) is 72.1 Å². The molecule has 1 amide bonds. The fraction of sp³-hybridized carbons (Fsp3) is 0.667. The Balaban J connectivity index is 1.92. The van der Waals surface area contributed by atoms with Crippen LogP contribution in [-0.2, 0) is 11.3 Å². The van der Waals surface area contributed by atoms with E-state index in [1.165, 1.54) is 11.3 Å². The first-order valence-electron chi connectivity index (χ1n) is 5.14. The Bertz CT molecular complexity index is 383. The van der Waals surface area contributed by atoms with Crippen molar-refractivity contribution in [3.8, 4) is 0 Å². The summed E-state index contributed by atoms with van der Waals surface area (Å²) in [5.74, 6) is -0.239. The number of aromatic nitrogens is 2. The van der Waals surface area contributed by atoms with Crippen LogP contribution in [0.25, 0.3) is 0 Å². The second kappa shape index (κ2) is 5.07. The first kappa shape index (κ1) is 11.8. The van der Waals surface area contributed by atoms with E-state index >= 15 is 0 Å². The zero-order valence-corrected chi connectivity index (χ0v) is 10.3. The van der Waals surface area contributed by atoms with Crippen LogP contribution in [0.5, 0.6) is 0 Å². The van der Waals surface area contributed by atoms with E-state index in [-0.39, 0.29) is 11.8 Å². The Hall–Kier alpha value is -0.720. The minimum absolute atomic E-state index is 0.0304. The van der Waals surface area contributed by atoms with E-state index in [1.807, 2.05) is 0 Å². The molecule has 88 valence electrons. The maximum Gasteiger partial charge on any atom is 0.221 e. The van der Waals surface area contributed by atoms with Gasteiger partial charge in [-0.1, -0.05) is 11.3 Å². The Kier molecular flexibility index (Phi) is 3.73. The van der Waals surface area contributed by atoms with Gasteiger partial charge in [-0.3, -0.25) is 9.69 Å². The lowest BCUT2D eigenvalue weighted by molar-refractivity contribution is -0.123. The van der Waals surface area contributed by atoms with Gasteiger partial charge in [-0.2, -0.15) is 0 Å². The van der Waals surface area contributed by atoms with Crippen LogP contribution in [0.15, 0.2) is 0 Å². The van der Waals surface area contributed by atoms with Crippen molar-refractivity contribution >= 4 is 28.8 Å². The summed E-state index contributed by atoms with van der Waals surface area (Å²) in [7, 11) is 0. The number of nitrogens with zero attached hydrogens (tertiary/aromatic N) is 3. The largest absolute Gasteiger partial charge is 0.369 e. The van der Waals surface area contributed by atoms with Crippen LogP contribution in [0, 0.1) is 5.92 Å². The van der Waals surface area contributed by atoms with Gasteiger partial charge in [-0.15, -0.1) is 10.2 Å². The van der Waals surface area contributed by atoms with Gasteiger partial charge in [-0.25, -0.2) is 0 Å². The zero-order valence-electron chi connectivity index (χ0n) is 8.73. The predicted molar refractivity (Wildman–Crippen MR) is 62.1 cm³/mol.